The minimum Gasteiger partial charge on any atom is -0.454 e. The summed E-state index contributed by atoms with van der Waals surface area (Å²) in [7, 11) is 0. The summed E-state index contributed by atoms with van der Waals surface area (Å²) in [6, 6.07) is 0. The molecule has 1 saturated heterocycles. The van der Waals surface area contributed by atoms with Crippen LogP contribution in [0.15, 0.2) is 12.2 Å². The lowest BCUT2D eigenvalue weighted by atomic mass is 9.85. The fraction of sp³-hybridized carbons (Fsp3) is 0.625. The van der Waals surface area contributed by atoms with Crippen LogP contribution in [0.1, 0.15) is 32.6 Å². The van der Waals surface area contributed by atoms with E-state index in [9.17, 15) is 19.2 Å². The predicted molar refractivity (Wildman–Crippen MR) is 81.0 cm³/mol. The number of ether oxygens (including phenoxy) is 1. The number of carbonyl (C=O) groups is 4. The predicted octanol–water partition coefficient (Wildman–Crippen LogP) is 0.397. The lowest BCUT2D eigenvalue weighted by Crippen LogP contribution is -2.38. The van der Waals surface area contributed by atoms with Crippen molar-refractivity contribution in [3.63, 3.8) is 0 Å². The van der Waals surface area contributed by atoms with Crippen LogP contribution in [-0.4, -0.2) is 48.3 Å². The van der Waals surface area contributed by atoms with E-state index >= 15 is 0 Å². The molecule has 1 N–H and O–H groups in total. The molecule has 7 heteroatoms. The standard InChI is InChI=1S/C16H22N2O5/c1-2-3-8-17-13(19)10-23-14(20)9-18-15(21)11-6-4-5-7-12(11)16(18)22/h4-5,11-12H,2-3,6-10H2,1H3,(H,17,19). The maximum atomic E-state index is 12.2. The summed E-state index contributed by atoms with van der Waals surface area (Å²) >= 11 is 0. The second-order valence-electron chi connectivity index (χ2n) is 5.78. The van der Waals surface area contributed by atoms with Gasteiger partial charge in [-0.1, -0.05) is 25.5 Å². The molecule has 1 aliphatic carbocycles. The van der Waals surface area contributed by atoms with Crippen molar-refractivity contribution in [1.29, 1.82) is 0 Å². The van der Waals surface area contributed by atoms with E-state index in [-0.39, 0.29) is 29.6 Å². The van der Waals surface area contributed by atoms with Crippen molar-refractivity contribution < 1.29 is 23.9 Å². The summed E-state index contributed by atoms with van der Waals surface area (Å²) in [5.74, 6) is -2.51. The number of hydrogen-bond donors (Lipinski definition) is 1. The highest BCUT2D eigenvalue weighted by molar-refractivity contribution is 6.07. The number of rotatable bonds is 7. The third-order valence-electron chi connectivity index (χ3n) is 4.10. The van der Waals surface area contributed by atoms with E-state index in [0.717, 1.165) is 17.7 Å². The molecule has 0 bridgehead atoms. The molecule has 0 aromatic heterocycles. The Labute approximate surface area is 135 Å². The Hall–Kier alpha value is -2.18. The topological polar surface area (TPSA) is 92.8 Å². The summed E-state index contributed by atoms with van der Waals surface area (Å²) in [5, 5.41) is 2.62. The minimum absolute atomic E-state index is 0.325. The van der Waals surface area contributed by atoms with E-state index in [2.05, 4.69) is 5.32 Å². The number of imide groups is 1. The van der Waals surface area contributed by atoms with Gasteiger partial charge in [-0.25, -0.2) is 0 Å². The van der Waals surface area contributed by atoms with Gasteiger partial charge in [0.05, 0.1) is 11.8 Å². The van der Waals surface area contributed by atoms with Gasteiger partial charge >= 0.3 is 5.97 Å². The normalized spacial score (nSPS) is 22.9. The van der Waals surface area contributed by atoms with E-state index in [1.54, 1.807) is 0 Å². The molecule has 0 spiro atoms. The van der Waals surface area contributed by atoms with Crippen molar-refractivity contribution in [1.82, 2.24) is 10.2 Å². The summed E-state index contributed by atoms with van der Waals surface area (Å²) in [5.41, 5.74) is 0. The molecule has 2 unspecified atom stereocenters. The highest BCUT2D eigenvalue weighted by Crippen LogP contribution is 2.34. The molecule has 2 aliphatic rings. The first-order chi connectivity index (χ1) is 11.0. The van der Waals surface area contributed by atoms with Gasteiger partial charge in [0.1, 0.15) is 6.54 Å². The van der Waals surface area contributed by atoms with E-state index in [0.29, 0.717) is 19.4 Å². The van der Waals surface area contributed by atoms with E-state index in [1.165, 1.54) is 0 Å². The van der Waals surface area contributed by atoms with Crippen LogP contribution in [0.25, 0.3) is 0 Å². The van der Waals surface area contributed by atoms with Crippen LogP contribution >= 0.6 is 0 Å². The summed E-state index contributed by atoms with van der Waals surface area (Å²) in [6.45, 7) is 1.72. The van der Waals surface area contributed by atoms with Crippen LogP contribution in [-0.2, 0) is 23.9 Å². The monoisotopic (exact) mass is 322 g/mol. The van der Waals surface area contributed by atoms with E-state index in [4.69, 9.17) is 4.74 Å². The molecule has 3 amide bonds. The van der Waals surface area contributed by atoms with Crippen LogP contribution in [0.4, 0.5) is 0 Å². The summed E-state index contributed by atoms with van der Waals surface area (Å²) < 4.78 is 4.83. The third kappa shape index (κ3) is 4.18. The molecular weight excluding hydrogens is 300 g/mol. The Morgan fingerprint density at radius 2 is 1.83 bits per heavy atom. The largest absolute Gasteiger partial charge is 0.454 e. The molecule has 1 heterocycles. The summed E-state index contributed by atoms with van der Waals surface area (Å²) in [6.07, 6.45) is 6.63. The Morgan fingerprint density at radius 3 is 2.39 bits per heavy atom. The smallest absolute Gasteiger partial charge is 0.326 e. The Morgan fingerprint density at radius 1 is 1.22 bits per heavy atom. The van der Waals surface area contributed by atoms with Crippen LogP contribution < -0.4 is 5.32 Å². The van der Waals surface area contributed by atoms with Crippen molar-refractivity contribution in [2.45, 2.75) is 32.6 Å². The molecule has 1 aliphatic heterocycles. The molecule has 7 nitrogen and oxygen atoms in total. The molecule has 2 rings (SSSR count). The van der Waals surface area contributed by atoms with Crippen LogP contribution in [0.5, 0.6) is 0 Å². The third-order valence-corrected chi connectivity index (χ3v) is 4.10. The lowest BCUT2D eigenvalue weighted by Gasteiger charge is -2.14. The number of carbonyl (C=O) groups excluding carboxylic acids is 4. The van der Waals surface area contributed by atoms with Gasteiger partial charge in [-0.05, 0) is 19.3 Å². The highest BCUT2D eigenvalue weighted by Gasteiger charge is 2.47. The molecule has 1 fully saturated rings. The van der Waals surface area contributed by atoms with Gasteiger partial charge in [0.15, 0.2) is 6.61 Å². The zero-order valence-corrected chi connectivity index (χ0v) is 13.2. The van der Waals surface area contributed by atoms with E-state index in [1.807, 2.05) is 19.1 Å². The Bertz CT molecular complexity index is 503. The average Bonchev–Trinajstić information content (AvgIpc) is 2.79. The maximum Gasteiger partial charge on any atom is 0.326 e. The van der Waals surface area contributed by atoms with Gasteiger partial charge < -0.3 is 10.1 Å². The van der Waals surface area contributed by atoms with Crippen molar-refractivity contribution in [2.24, 2.45) is 11.8 Å². The molecular formula is C16H22N2O5. The first-order valence-corrected chi connectivity index (χ1v) is 7.97. The van der Waals surface area contributed by atoms with Gasteiger partial charge in [0, 0.05) is 6.54 Å². The van der Waals surface area contributed by atoms with Gasteiger partial charge in [0.2, 0.25) is 11.8 Å². The van der Waals surface area contributed by atoms with Crippen molar-refractivity contribution in [2.75, 3.05) is 19.7 Å². The van der Waals surface area contributed by atoms with Gasteiger partial charge in [-0.3, -0.25) is 24.1 Å². The van der Waals surface area contributed by atoms with Crippen molar-refractivity contribution in [3.05, 3.63) is 12.2 Å². The van der Waals surface area contributed by atoms with Crippen LogP contribution in [0, 0.1) is 11.8 Å². The maximum absolute atomic E-state index is 12.2. The molecule has 23 heavy (non-hydrogen) atoms. The van der Waals surface area contributed by atoms with Gasteiger partial charge in [-0.15, -0.1) is 0 Å². The first-order valence-electron chi connectivity index (χ1n) is 7.97. The van der Waals surface area contributed by atoms with Gasteiger partial charge in [-0.2, -0.15) is 0 Å². The fourth-order valence-electron chi connectivity index (χ4n) is 2.80. The fourth-order valence-corrected chi connectivity index (χ4v) is 2.80. The van der Waals surface area contributed by atoms with Crippen molar-refractivity contribution >= 4 is 23.7 Å². The Balaban J connectivity index is 1.78. The minimum atomic E-state index is -0.746. The number of allylic oxidation sites excluding steroid dienone is 2. The number of hydrogen-bond acceptors (Lipinski definition) is 5. The quantitative estimate of drug-likeness (QED) is 0.317. The number of nitrogens with zero attached hydrogens (tertiary/aromatic N) is 1. The van der Waals surface area contributed by atoms with Crippen LogP contribution in [0.3, 0.4) is 0 Å². The number of fused-ring (bicyclic) bond motifs is 1. The molecule has 0 aromatic rings. The molecule has 126 valence electrons. The zero-order chi connectivity index (χ0) is 16.8. The van der Waals surface area contributed by atoms with Crippen molar-refractivity contribution in [3.8, 4) is 0 Å². The number of nitrogens with one attached hydrogen (secondary N) is 1. The van der Waals surface area contributed by atoms with Gasteiger partial charge in [0.25, 0.3) is 5.91 Å². The number of esters is 1. The van der Waals surface area contributed by atoms with E-state index < -0.39 is 19.1 Å². The Kier molecular flexibility index (Phi) is 5.90. The number of likely N-dealkylation sites (tertiary alicyclic amines) is 1. The zero-order valence-electron chi connectivity index (χ0n) is 13.2. The average molecular weight is 322 g/mol. The number of amides is 3. The summed E-state index contributed by atoms with van der Waals surface area (Å²) in [4.78, 5) is 48.5. The number of unbranched alkanes of at least 4 members (excludes halogenated alkanes) is 1. The highest BCUT2D eigenvalue weighted by atomic mass is 16.5. The SMILES string of the molecule is CCCCNC(=O)COC(=O)CN1C(=O)C2CC=CCC2C1=O. The lowest BCUT2D eigenvalue weighted by molar-refractivity contribution is -0.154. The molecule has 0 aromatic carbocycles. The molecule has 2 atom stereocenters. The molecule has 0 radical (unpaired) electrons. The second kappa shape index (κ2) is 7.89. The molecule has 0 saturated carbocycles. The second-order valence-corrected chi connectivity index (χ2v) is 5.78. The first kappa shape index (κ1) is 17.2. The van der Waals surface area contributed by atoms with Crippen LogP contribution in [0.2, 0.25) is 0 Å².